The number of rotatable bonds is 1. The van der Waals surface area contributed by atoms with Gasteiger partial charge in [-0.1, -0.05) is 6.92 Å². The SMILES string of the molecule is CNC(=S)NC(=O)NC1CC1C. The second kappa shape index (κ2) is 3.71. The first-order valence-corrected chi connectivity index (χ1v) is 4.33. The van der Waals surface area contributed by atoms with Crippen LogP contribution in [0.5, 0.6) is 0 Å². The molecule has 1 aliphatic rings. The van der Waals surface area contributed by atoms with E-state index >= 15 is 0 Å². The molecule has 5 heteroatoms. The van der Waals surface area contributed by atoms with Gasteiger partial charge in [0, 0.05) is 13.1 Å². The van der Waals surface area contributed by atoms with E-state index < -0.39 is 0 Å². The van der Waals surface area contributed by atoms with Crippen molar-refractivity contribution in [1.82, 2.24) is 16.0 Å². The summed E-state index contributed by atoms with van der Waals surface area (Å²) in [6.07, 6.45) is 1.07. The van der Waals surface area contributed by atoms with Gasteiger partial charge < -0.3 is 10.6 Å². The molecule has 0 aromatic heterocycles. The summed E-state index contributed by atoms with van der Waals surface area (Å²) in [7, 11) is 1.67. The van der Waals surface area contributed by atoms with Crippen molar-refractivity contribution in [3.05, 3.63) is 0 Å². The Morgan fingerprint density at radius 2 is 2.17 bits per heavy atom. The summed E-state index contributed by atoms with van der Waals surface area (Å²) in [6.45, 7) is 2.10. The zero-order chi connectivity index (χ0) is 9.14. The van der Waals surface area contributed by atoms with Crippen molar-refractivity contribution >= 4 is 23.4 Å². The fourth-order valence-electron chi connectivity index (χ4n) is 0.893. The van der Waals surface area contributed by atoms with Gasteiger partial charge in [0.15, 0.2) is 5.11 Å². The summed E-state index contributed by atoms with van der Waals surface area (Å²) >= 11 is 4.75. The Bertz CT molecular complexity index is 207. The molecule has 0 bridgehead atoms. The van der Waals surface area contributed by atoms with E-state index in [2.05, 4.69) is 22.9 Å². The van der Waals surface area contributed by atoms with Crippen molar-refractivity contribution in [2.24, 2.45) is 5.92 Å². The smallest absolute Gasteiger partial charge is 0.321 e. The predicted octanol–water partition coefficient (Wildman–Crippen LogP) is 0.198. The summed E-state index contributed by atoms with van der Waals surface area (Å²) in [5.41, 5.74) is 0. The fraction of sp³-hybridized carbons (Fsp3) is 0.714. The maximum atomic E-state index is 11.1. The van der Waals surface area contributed by atoms with Gasteiger partial charge in [-0.25, -0.2) is 4.79 Å². The van der Waals surface area contributed by atoms with Crippen LogP contribution < -0.4 is 16.0 Å². The molecule has 1 rings (SSSR count). The van der Waals surface area contributed by atoms with Crippen molar-refractivity contribution in [3.8, 4) is 0 Å². The Labute approximate surface area is 77.1 Å². The number of amides is 2. The van der Waals surface area contributed by atoms with E-state index in [4.69, 9.17) is 12.2 Å². The van der Waals surface area contributed by atoms with Gasteiger partial charge >= 0.3 is 6.03 Å². The summed E-state index contributed by atoms with van der Waals surface area (Å²) in [4.78, 5) is 11.1. The summed E-state index contributed by atoms with van der Waals surface area (Å²) in [5, 5.41) is 8.29. The first-order chi connectivity index (χ1) is 5.63. The second-order valence-corrected chi connectivity index (χ2v) is 3.41. The normalized spacial score (nSPS) is 25.8. The molecule has 2 unspecified atom stereocenters. The molecule has 1 saturated carbocycles. The highest BCUT2D eigenvalue weighted by atomic mass is 32.1. The first-order valence-electron chi connectivity index (χ1n) is 3.92. The molecule has 68 valence electrons. The lowest BCUT2D eigenvalue weighted by Crippen LogP contribution is -2.44. The number of carbonyl (C=O) groups excluding carboxylic acids is 1. The second-order valence-electron chi connectivity index (χ2n) is 3.00. The minimum atomic E-state index is -0.219. The van der Waals surface area contributed by atoms with Crippen molar-refractivity contribution in [1.29, 1.82) is 0 Å². The molecule has 0 radical (unpaired) electrons. The van der Waals surface area contributed by atoms with Crippen molar-refractivity contribution in [2.45, 2.75) is 19.4 Å². The molecule has 0 spiro atoms. The lowest BCUT2D eigenvalue weighted by atomic mass is 10.5. The number of carbonyl (C=O) groups is 1. The molecule has 2 atom stereocenters. The van der Waals surface area contributed by atoms with E-state index in [1.54, 1.807) is 7.05 Å². The average Bonchev–Trinajstić information content (AvgIpc) is 2.66. The zero-order valence-electron chi connectivity index (χ0n) is 7.18. The van der Waals surface area contributed by atoms with Crippen molar-refractivity contribution < 1.29 is 4.79 Å². The number of thiocarbonyl (C=S) groups is 1. The van der Waals surface area contributed by atoms with Crippen LogP contribution in [0.3, 0.4) is 0 Å². The Morgan fingerprint density at radius 3 is 2.58 bits per heavy atom. The lowest BCUT2D eigenvalue weighted by molar-refractivity contribution is 0.244. The van der Waals surface area contributed by atoms with E-state index in [0.717, 1.165) is 6.42 Å². The van der Waals surface area contributed by atoms with E-state index in [1.165, 1.54) is 0 Å². The number of hydrogen-bond acceptors (Lipinski definition) is 2. The van der Waals surface area contributed by atoms with Crippen LogP contribution in [0.2, 0.25) is 0 Å². The summed E-state index contributed by atoms with van der Waals surface area (Å²) in [5.74, 6) is 0.610. The minimum absolute atomic E-state index is 0.219. The maximum Gasteiger partial charge on any atom is 0.321 e. The van der Waals surface area contributed by atoms with Crippen LogP contribution in [-0.2, 0) is 0 Å². The van der Waals surface area contributed by atoms with Gasteiger partial charge in [0.2, 0.25) is 0 Å². The fourth-order valence-corrected chi connectivity index (χ4v) is 0.986. The van der Waals surface area contributed by atoms with Gasteiger partial charge in [0.05, 0.1) is 0 Å². The van der Waals surface area contributed by atoms with Crippen molar-refractivity contribution in [2.75, 3.05) is 7.05 Å². The van der Waals surface area contributed by atoms with Crippen LogP contribution in [0, 0.1) is 5.92 Å². The van der Waals surface area contributed by atoms with Gasteiger partial charge in [-0.3, -0.25) is 5.32 Å². The number of hydrogen-bond donors (Lipinski definition) is 3. The third-order valence-electron chi connectivity index (χ3n) is 1.88. The molecule has 0 heterocycles. The molecule has 0 aromatic carbocycles. The molecule has 12 heavy (non-hydrogen) atoms. The molecule has 1 fully saturated rings. The van der Waals surface area contributed by atoms with Crippen LogP contribution in [0.15, 0.2) is 0 Å². The molecule has 0 saturated heterocycles. The summed E-state index contributed by atoms with van der Waals surface area (Å²) in [6, 6.07) is 0.119. The third kappa shape index (κ3) is 2.65. The van der Waals surface area contributed by atoms with E-state index in [9.17, 15) is 4.79 Å². The molecule has 0 aromatic rings. The van der Waals surface area contributed by atoms with Gasteiger partial charge in [-0.2, -0.15) is 0 Å². The molecule has 3 N–H and O–H groups in total. The Kier molecular flexibility index (Phi) is 2.86. The predicted molar refractivity (Wildman–Crippen MR) is 50.9 cm³/mol. The van der Waals surface area contributed by atoms with E-state index in [0.29, 0.717) is 17.1 Å². The standard InChI is InChI=1S/C7H13N3OS/c1-4-3-5(4)9-6(11)10-7(12)8-2/h4-5H,3H2,1-2H3,(H3,8,9,10,11,12). The largest absolute Gasteiger partial charge is 0.365 e. The number of nitrogens with one attached hydrogen (secondary N) is 3. The topological polar surface area (TPSA) is 53.2 Å². The van der Waals surface area contributed by atoms with Crippen LogP contribution >= 0.6 is 12.2 Å². The van der Waals surface area contributed by atoms with Gasteiger partial charge in [0.1, 0.15) is 0 Å². The van der Waals surface area contributed by atoms with Gasteiger partial charge in [-0.15, -0.1) is 0 Å². The maximum absolute atomic E-state index is 11.1. The monoisotopic (exact) mass is 187 g/mol. The van der Waals surface area contributed by atoms with Crippen LogP contribution in [0.25, 0.3) is 0 Å². The minimum Gasteiger partial charge on any atom is -0.365 e. The molecule has 1 aliphatic carbocycles. The Morgan fingerprint density at radius 1 is 1.58 bits per heavy atom. The zero-order valence-corrected chi connectivity index (χ0v) is 7.99. The van der Waals surface area contributed by atoms with Gasteiger partial charge in [-0.05, 0) is 24.6 Å². The van der Waals surface area contributed by atoms with Gasteiger partial charge in [0.25, 0.3) is 0 Å². The Hall–Kier alpha value is -0.840. The van der Waals surface area contributed by atoms with Crippen LogP contribution in [0.4, 0.5) is 4.79 Å². The van der Waals surface area contributed by atoms with Crippen LogP contribution in [0.1, 0.15) is 13.3 Å². The molecular weight excluding hydrogens is 174 g/mol. The lowest BCUT2D eigenvalue weighted by Gasteiger charge is -2.06. The quantitative estimate of drug-likeness (QED) is 0.514. The highest BCUT2D eigenvalue weighted by molar-refractivity contribution is 7.80. The molecular formula is C7H13N3OS. The molecule has 0 aliphatic heterocycles. The highest BCUT2D eigenvalue weighted by Crippen LogP contribution is 2.28. The summed E-state index contributed by atoms with van der Waals surface area (Å²) < 4.78 is 0. The average molecular weight is 187 g/mol. The van der Waals surface area contributed by atoms with E-state index in [1.807, 2.05) is 0 Å². The number of urea groups is 1. The van der Waals surface area contributed by atoms with Crippen LogP contribution in [-0.4, -0.2) is 24.2 Å². The molecule has 2 amide bonds. The third-order valence-corrected chi connectivity index (χ3v) is 2.19. The van der Waals surface area contributed by atoms with Crippen molar-refractivity contribution in [3.63, 3.8) is 0 Å². The van der Waals surface area contributed by atoms with E-state index in [-0.39, 0.29) is 6.03 Å². The highest BCUT2D eigenvalue weighted by Gasteiger charge is 2.33. The Balaban J connectivity index is 2.16. The first kappa shape index (κ1) is 9.25. The molecule has 4 nitrogen and oxygen atoms in total.